The molecule has 0 amide bonds. The highest BCUT2D eigenvalue weighted by molar-refractivity contribution is 5.74. The average molecular weight is 277 g/mol. The summed E-state index contributed by atoms with van der Waals surface area (Å²) < 4.78 is 5.67. The maximum atomic E-state index is 11.3. The van der Waals surface area contributed by atoms with Gasteiger partial charge in [-0.2, -0.15) is 0 Å². The first-order valence-corrected chi connectivity index (χ1v) is 7.17. The van der Waals surface area contributed by atoms with Crippen molar-refractivity contribution in [2.24, 2.45) is 5.41 Å². The number of carbonyl (C=O) groups is 1. The van der Waals surface area contributed by atoms with Crippen LogP contribution in [0.4, 0.5) is 0 Å². The van der Waals surface area contributed by atoms with E-state index >= 15 is 0 Å². The molecule has 4 heteroatoms. The highest BCUT2D eigenvalue weighted by atomic mass is 16.5. The van der Waals surface area contributed by atoms with Gasteiger partial charge in [0, 0.05) is 18.2 Å². The van der Waals surface area contributed by atoms with Crippen LogP contribution in [0, 0.1) is 5.41 Å². The van der Waals surface area contributed by atoms with Gasteiger partial charge in [-0.05, 0) is 39.8 Å². The molecule has 1 aliphatic rings. The zero-order valence-electron chi connectivity index (χ0n) is 12.4. The molecule has 1 aliphatic heterocycles. The Morgan fingerprint density at radius 3 is 2.80 bits per heavy atom. The lowest BCUT2D eigenvalue weighted by molar-refractivity contribution is -0.147. The number of likely N-dealkylation sites (tertiary alicyclic amines) is 1. The van der Waals surface area contributed by atoms with Gasteiger partial charge in [-0.1, -0.05) is 18.2 Å². The quantitative estimate of drug-likeness (QED) is 0.899. The zero-order chi connectivity index (χ0) is 14.8. The van der Waals surface area contributed by atoms with Gasteiger partial charge in [-0.25, -0.2) is 0 Å². The molecule has 1 fully saturated rings. The van der Waals surface area contributed by atoms with Crippen molar-refractivity contribution in [1.82, 2.24) is 4.90 Å². The first-order valence-electron chi connectivity index (χ1n) is 7.17. The smallest absolute Gasteiger partial charge is 0.310 e. The van der Waals surface area contributed by atoms with Gasteiger partial charge in [0.05, 0.1) is 12.0 Å². The largest absolute Gasteiger partial charge is 0.494 e. The molecule has 0 aliphatic carbocycles. The molecule has 110 valence electrons. The Balaban J connectivity index is 2.17. The number of carboxylic acid groups (broad SMARTS) is 1. The van der Waals surface area contributed by atoms with E-state index < -0.39 is 11.4 Å². The third kappa shape index (κ3) is 2.80. The van der Waals surface area contributed by atoms with E-state index in [2.05, 4.69) is 17.9 Å². The van der Waals surface area contributed by atoms with Crippen molar-refractivity contribution in [3.05, 3.63) is 29.8 Å². The van der Waals surface area contributed by atoms with Crippen molar-refractivity contribution in [1.29, 1.82) is 0 Å². The topological polar surface area (TPSA) is 49.8 Å². The Kier molecular flexibility index (Phi) is 4.33. The lowest BCUT2D eigenvalue weighted by Crippen LogP contribution is -2.33. The standard InChI is InChI=1S/C16H23NO3/c1-4-20-14-8-6-5-7-13(14)12(2)17-10-9-16(3,11-17)15(18)19/h5-8,12H,4,9-11H2,1-3H3,(H,18,19). The van der Waals surface area contributed by atoms with Crippen molar-refractivity contribution < 1.29 is 14.6 Å². The fraction of sp³-hybridized carbons (Fsp3) is 0.562. The second kappa shape index (κ2) is 5.83. The van der Waals surface area contributed by atoms with Crippen LogP contribution in [0.5, 0.6) is 5.75 Å². The molecule has 0 saturated carbocycles. The number of hydrogen-bond donors (Lipinski definition) is 1. The van der Waals surface area contributed by atoms with Crippen molar-refractivity contribution in [2.75, 3.05) is 19.7 Å². The summed E-state index contributed by atoms with van der Waals surface area (Å²) in [6.45, 7) is 7.95. The van der Waals surface area contributed by atoms with Crippen LogP contribution in [-0.4, -0.2) is 35.7 Å². The summed E-state index contributed by atoms with van der Waals surface area (Å²) in [6.07, 6.45) is 0.698. The van der Waals surface area contributed by atoms with Crippen molar-refractivity contribution >= 4 is 5.97 Å². The van der Waals surface area contributed by atoms with Gasteiger partial charge in [-0.3, -0.25) is 9.69 Å². The molecule has 2 atom stereocenters. The van der Waals surface area contributed by atoms with Gasteiger partial charge in [0.2, 0.25) is 0 Å². The molecule has 1 saturated heterocycles. The van der Waals surface area contributed by atoms with E-state index in [1.807, 2.05) is 32.0 Å². The molecule has 2 rings (SSSR count). The second-order valence-electron chi connectivity index (χ2n) is 5.73. The third-order valence-corrected chi connectivity index (χ3v) is 4.24. The van der Waals surface area contributed by atoms with Gasteiger partial charge >= 0.3 is 5.97 Å². The Labute approximate surface area is 120 Å². The average Bonchev–Trinajstić information content (AvgIpc) is 2.83. The number of rotatable bonds is 5. The summed E-state index contributed by atoms with van der Waals surface area (Å²) >= 11 is 0. The SMILES string of the molecule is CCOc1ccccc1C(C)N1CCC(C)(C(=O)O)C1. The Morgan fingerprint density at radius 2 is 2.20 bits per heavy atom. The maximum absolute atomic E-state index is 11.3. The highest BCUT2D eigenvalue weighted by Crippen LogP contribution is 2.37. The number of ether oxygens (including phenoxy) is 1. The Hall–Kier alpha value is -1.55. The fourth-order valence-corrected chi connectivity index (χ4v) is 2.81. The third-order valence-electron chi connectivity index (χ3n) is 4.24. The van der Waals surface area contributed by atoms with Crippen LogP contribution in [-0.2, 0) is 4.79 Å². The van der Waals surface area contributed by atoms with Gasteiger partial charge in [-0.15, -0.1) is 0 Å². The van der Waals surface area contributed by atoms with Crippen LogP contribution < -0.4 is 4.74 Å². The summed E-state index contributed by atoms with van der Waals surface area (Å²) in [5.74, 6) is 0.191. The number of carboxylic acids is 1. The molecule has 20 heavy (non-hydrogen) atoms. The molecular weight excluding hydrogens is 254 g/mol. The van der Waals surface area contributed by atoms with Crippen LogP contribution >= 0.6 is 0 Å². The van der Waals surface area contributed by atoms with Gasteiger partial charge in [0.1, 0.15) is 5.75 Å². The van der Waals surface area contributed by atoms with E-state index in [1.54, 1.807) is 0 Å². The van der Waals surface area contributed by atoms with E-state index in [4.69, 9.17) is 4.74 Å². The summed E-state index contributed by atoms with van der Waals surface area (Å²) in [5, 5.41) is 9.33. The number of nitrogens with zero attached hydrogens (tertiary/aromatic N) is 1. The van der Waals surface area contributed by atoms with Crippen LogP contribution in [0.25, 0.3) is 0 Å². The fourth-order valence-electron chi connectivity index (χ4n) is 2.81. The van der Waals surface area contributed by atoms with Gasteiger partial charge in [0.15, 0.2) is 0 Å². The number of benzene rings is 1. The maximum Gasteiger partial charge on any atom is 0.310 e. The normalized spacial score (nSPS) is 24.6. The molecule has 2 unspecified atom stereocenters. The summed E-state index contributed by atoms with van der Waals surface area (Å²) in [6, 6.07) is 8.17. The summed E-state index contributed by atoms with van der Waals surface area (Å²) in [7, 11) is 0. The van der Waals surface area contributed by atoms with Gasteiger partial charge < -0.3 is 9.84 Å². The first kappa shape index (κ1) is 14.9. The van der Waals surface area contributed by atoms with Crippen molar-refractivity contribution in [3.63, 3.8) is 0 Å². The predicted octanol–water partition coefficient (Wildman–Crippen LogP) is 2.94. The van der Waals surface area contributed by atoms with E-state index in [1.165, 1.54) is 0 Å². The highest BCUT2D eigenvalue weighted by Gasteiger charge is 2.42. The lowest BCUT2D eigenvalue weighted by Gasteiger charge is -2.27. The van der Waals surface area contributed by atoms with Gasteiger partial charge in [0.25, 0.3) is 0 Å². The van der Waals surface area contributed by atoms with E-state index in [0.29, 0.717) is 19.6 Å². The van der Waals surface area contributed by atoms with E-state index in [0.717, 1.165) is 17.9 Å². The number of para-hydroxylation sites is 1. The molecule has 1 heterocycles. The Morgan fingerprint density at radius 1 is 1.50 bits per heavy atom. The molecule has 0 bridgehead atoms. The predicted molar refractivity (Wildman–Crippen MR) is 78.0 cm³/mol. The van der Waals surface area contributed by atoms with Crippen molar-refractivity contribution in [2.45, 2.75) is 33.2 Å². The van der Waals surface area contributed by atoms with E-state index in [9.17, 15) is 9.90 Å². The first-order chi connectivity index (χ1) is 9.48. The molecule has 0 aromatic heterocycles. The lowest BCUT2D eigenvalue weighted by atomic mass is 9.90. The minimum atomic E-state index is -0.703. The van der Waals surface area contributed by atoms with E-state index in [-0.39, 0.29) is 6.04 Å². The van der Waals surface area contributed by atoms with Crippen molar-refractivity contribution in [3.8, 4) is 5.75 Å². The minimum Gasteiger partial charge on any atom is -0.494 e. The molecule has 1 aromatic rings. The summed E-state index contributed by atoms with van der Waals surface area (Å²) in [4.78, 5) is 13.6. The molecule has 4 nitrogen and oxygen atoms in total. The van der Waals surface area contributed by atoms with Crippen LogP contribution in [0.2, 0.25) is 0 Å². The van der Waals surface area contributed by atoms with Crippen LogP contribution in [0.3, 0.4) is 0 Å². The summed E-state index contributed by atoms with van der Waals surface area (Å²) in [5.41, 5.74) is 0.499. The molecule has 1 N–H and O–H groups in total. The monoisotopic (exact) mass is 277 g/mol. The second-order valence-corrected chi connectivity index (χ2v) is 5.73. The zero-order valence-corrected chi connectivity index (χ0v) is 12.4. The Bertz CT molecular complexity index is 488. The molecule has 1 aromatic carbocycles. The molecule has 0 spiro atoms. The van der Waals surface area contributed by atoms with Crippen LogP contribution in [0.15, 0.2) is 24.3 Å². The molecular formula is C16H23NO3. The number of aliphatic carboxylic acids is 1. The minimum absolute atomic E-state index is 0.166. The number of hydrogen-bond acceptors (Lipinski definition) is 3. The van der Waals surface area contributed by atoms with Crippen LogP contribution in [0.1, 0.15) is 38.8 Å². The molecule has 0 radical (unpaired) electrons.